The second kappa shape index (κ2) is 4.67. The molecule has 0 atom stereocenters. The Kier molecular flexibility index (Phi) is 3.12. The van der Waals surface area contributed by atoms with Crippen LogP contribution in [0.3, 0.4) is 0 Å². The number of benzene rings is 1. The quantitative estimate of drug-likeness (QED) is 0.671. The van der Waals surface area contributed by atoms with Crippen LogP contribution in [0.4, 0.5) is 0 Å². The minimum Gasteiger partial charge on any atom is -0.461 e. The van der Waals surface area contributed by atoms with Gasteiger partial charge in [0, 0.05) is 6.20 Å². The number of hydrogen-bond donors (Lipinski definition) is 0. The number of halogens is 2. The van der Waals surface area contributed by atoms with Crippen molar-refractivity contribution in [3.8, 4) is 0 Å². The van der Waals surface area contributed by atoms with Gasteiger partial charge in [-0.15, -0.1) is 0 Å². The monoisotopic (exact) mass is 314 g/mol. The highest BCUT2D eigenvalue weighted by Gasteiger charge is 2.17. The highest BCUT2D eigenvalue weighted by atomic mass is 35.5. The summed E-state index contributed by atoms with van der Waals surface area (Å²) in [5.41, 5.74) is 1.03. The molecule has 0 saturated heterocycles. The van der Waals surface area contributed by atoms with Gasteiger partial charge >= 0.3 is 5.97 Å². The van der Waals surface area contributed by atoms with Gasteiger partial charge in [-0.25, -0.2) is 9.78 Å². The number of carbonyl (C=O) groups is 1. The van der Waals surface area contributed by atoms with Crippen LogP contribution in [0, 0.1) is 0 Å². The zero-order valence-corrected chi connectivity index (χ0v) is 12.1. The Balaban J connectivity index is 2.24. The fraction of sp³-hybridized carbons (Fsp3) is 0.167. The van der Waals surface area contributed by atoms with Crippen molar-refractivity contribution in [2.24, 2.45) is 0 Å². The Labute approximate surface area is 122 Å². The van der Waals surface area contributed by atoms with E-state index in [2.05, 4.69) is 4.98 Å². The molecule has 0 spiro atoms. The van der Waals surface area contributed by atoms with Crippen molar-refractivity contribution in [3.63, 3.8) is 0 Å². The summed E-state index contributed by atoms with van der Waals surface area (Å²) in [4.78, 5) is 16.6. The van der Waals surface area contributed by atoms with E-state index in [0.29, 0.717) is 21.6 Å². The molecule has 0 amide bonds. The molecule has 0 aliphatic carbocycles. The summed E-state index contributed by atoms with van der Waals surface area (Å²) in [6, 6.07) is 3.63. The summed E-state index contributed by atoms with van der Waals surface area (Å²) in [5, 5.41) is 0.929. The summed E-state index contributed by atoms with van der Waals surface area (Å²) in [5.74, 6) is -0.440. The predicted molar refractivity (Wildman–Crippen MR) is 76.6 cm³/mol. The smallest absolute Gasteiger partial charge is 0.358 e. The van der Waals surface area contributed by atoms with Gasteiger partial charge in [0.25, 0.3) is 0 Å². The van der Waals surface area contributed by atoms with E-state index in [4.69, 9.17) is 27.9 Å². The van der Waals surface area contributed by atoms with Gasteiger partial charge in [-0.1, -0.05) is 34.5 Å². The third-order valence-electron chi connectivity index (χ3n) is 2.63. The van der Waals surface area contributed by atoms with E-state index in [1.54, 1.807) is 23.6 Å². The van der Waals surface area contributed by atoms with E-state index in [1.165, 1.54) is 11.3 Å². The van der Waals surface area contributed by atoms with Crippen LogP contribution in [-0.4, -0.2) is 22.0 Å². The van der Waals surface area contributed by atoms with Gasteiger partial charge in [0.15, 0.2) is 10.7 Å². The lowest BCUT2D eigenvalue weighted by Crippen LogP contribution is -2.04. The third kappa shape index (κ3) is 1.98. The molecule has 3 aromatic rings. The average molecular weight is 315 g/mol. The number of ether oxygens (including phenoxy) is 1. The highest BCUT2D eigenvalue weighted by molar-refractivity contribution is 7.23. The number of thiazole rings is 1. The van der Waals surface area contributed by atoms with Crippen molar-refractivity contribution >= 4 is 55.7 Å². The molecule has 98 valence electrons. The first-order valence-corrected chi connectivity index (χ1v) is 7.11. The van der Waals surface area contributed by atoms with Crippen LogP contribution in [0.5, 0.6) is 0 Å². The second-order valence-corrected chi connectivity index (χ2v) is 5.60. The van der Waals surface area contributed by atoms with Crippen LogP contribution >= 0.6 is 34.5 Å². The largest absolute Gasteiger partial charge is 0.461 e. The van der Waals surface area contributed by atoms with Crippen molar-refractivity contribution in [1.29, 1.82) is 0 Å². The van der Waals surface area contributed by atoms with Gasteiger partial charge in [-0.2, -0.15) is 0 Å². The number of carbonyl (C=O) groups excluding carboxylic acids is 1. The summed E-state index contributed by atoms with van der Waals surface area (Å²) in [6.45, 7) is 2.07. The number of aromatic nitrogens is 2. The fourth-order valence-electron chi connectivity index (χ4n) is 1.83. The predicted octanol–water partition coefficient (Wildman–Crippen LogP) is 4.03. The lowest BCUT2D eigenvalue weighted by atomic mass is 10.3. The molecule has 7 heteroatoms. The molecule has 0 saturated carbocycles. The van der Waals surface area contributed by atoms with Crippen LogP contribution < -0.4 is 0 Å². The molecule has 0 aliphatic heterocycles. The Hall–Kier alpha value is -1.30. The maximum atomic E-state index is 11.6. The Bertz CT molecular complexity index is 794. The molecule has 4 nitrogen and oxygen atoms in total. The number of nitrogens with zero attached hydrogens (tertiary/aromatic N) is 2. The van der Waals surface area contributed by atoms with Gasteiger partial charge in [-0.3, -0.25) is 4.40 Å². The lowest BCUT2D eigenvalue weighted by molar-refractivity contribution is 0.0520. The van der Waals surface area contributed by atoms with Crippen LogP contribution in [-0.2, 0) is 4.74 Å². The average Bonchev–Trinajstić information content (AvgIpc) is 2.91. The lowest BCUT2D eigenvalue weighted by Gasteiger charge is -1.98. The zero-order chi connectivity index (χ0) is 13.6. The van der Waals surface area contributed by atoms with E-state index in [1.807, 2.05) is 6.07 Å². The number of imidazole rings is 1. The first-order chi connectivity index (χ1) is 9.11. The minimum atomic E-state index is -0.440. The molecule has 0 radical (unpaired) electrons. The van der Waals surface area contributed by atoms with Crippen molar-refractivity contribution in [2.75, 3.05) is 6.61 Å². The van der Waals surface area contributed by atoms with Crippen LogP contribution in [0.1, 0.15) is 17.4 Å². The summed E-state index contributed by atoms with van der Waals surface area (Å²) in [6.07, 6.45) is 1.62. The van der Waals surface area contributed by atoms with Gasteiger partial charge in [0.1, 0.15) is 0 Å². The number of rotatable bonds is 2. The van der Waals surface area contributed by atoms with Crippen molar-refractivity contribution in [2.45, 2.75) is 6.92 Å². The molecule has 0 N–H and O–H groups in total. The first kappa shape index (κ1) is 12.7. The number of fused-ring (bicyclic) bond motifs is 3. The second-order valence-electron chi connectivity index (χ2n) is 3.81. The van der Waals surface area contributed by atoms with Gasteiger partial charge in [0.05, 0.1) is 26.9 Å². The number of esters is 1. The fourth-order valence-corrected chi connectivity index (χ4v) is 3.31. The maximum Gasteiger partial charge on any atom is 0.358 e. The molecule has 2 heterocycles. The molecule has 1 aromatic carbocycles. The summed E-state index contributed by atoms with van der Waals surface area (Å²) >= 11 is 13.7. The third-order valence-corrected chi connectivity index (χ3v) is 4.45. The normalized spacial score (nSPS) is 11.3. The standard InChI is InChI=1S/C12H8Cl2N2O2S/c1-2-18-11(17)7-5-16-10-8(19-12(16)15-7)4-3-6(13)9(10)14/h3-5H,2H2,1H3. The Morgan fingerprint density at radius 2 is 2.26 bits per heavy atom. The molecule has 0 bridgehead atoms. The Morgan fingerprint density at radius 1 is 1.47 bits per heavy atom. The molecule has 0 unspecified atom stereocenters. The van der Waals surface area contributed by atoms with Gasteiger partial charge in [-0.05, 0) is 19.1 Å². The summed E-state index contributed by atoms with van der Waals surface area (Å²) < 4.78 is 7.65. The van der Waals surface area contributed by atoms with Crippen molar-refractivity contribution < 1.29 is 9.53 Å². The van der Waals surface area contributed by atoms with E-state index < -0.39 is 5.97 Å². The highest BCUT2D eigenvalue weighted by Crippen LogP contribution is 2.35. The van der Waals surface area contributed by atoms with Crippen LogP contribution in [0.25, 0.3) is 15.2 Å². The van der Waals surface area contributed by atoms with Gasteiger partial charge in [0.2, 0.25) is 0 Å². The molecular formula is C12H8Cl2N2O2S. The van der Waals surface area contributed by atoms with E-state index in [0.717, 1.165) is 10.2 Å². The van der Waals surface area contributed by atoms with Crippen LogP contribution in [0.2, 0.25) is 10.0 Å². The molecule has 0 fully saturated rings. The first-order valence-electron chi connectivity index (χ1n) is 5.54. The van der Waals surface area contributed by atoms with E-state index in [9.17, 15) is 4.79 Å². The number of hydrogen-bond acceptors (Lipinski definition) is 4. The molecule has 2 aromatic heterocycles. The summed E-state index contributed by atoms with van der Waals surface area (Å²) in [7, 11) is 0. The Morgan fingerprint density at radius 3 is 3.00 bits per heavy atom. The van der Waals surface area contributed by atoms with Crippen molar-refractivity contribution in [1.82, 2.24) is 9.38 Å². The molecule has 0 aliphatic rings. The SMILES string of the molecule is CCOC(=O)c1cn2c(n1)sc1ccc(Cl)c(Cl)c12. The maximum absolute atomic E-state index is 11.6. The zero-order valence-electron chi connectivity index (χ0n) is 9.81. The molecular weight excluding hydrogens is 307 g/mol. The molecule has 19 heavy (non-hydrogen) atoms. The van der Waals surface area contributed by atoms with E-state index >= 15 is 0 Å². The van der Waals surface area contributed by atoms with E-state index in [-0.39, 0.29) is 5.69 Å². The van der Waals surface area contributed by atoms with Crippen LogP contribution in [0.15, 0.2) is 18.3 Å². The topological polar surface area (TPSA) is 43.6 Å². The van der Waals surface area contributed by atoms with Crippen molar-refractivity contribution in [3.05, 3.63) is 34.1 Å². The van der Waals surface area contributed by atoms with Gasteiger partial charge < -0.3 is 4.74 Å². The minimum absolute atomic E-state index is 0.269. The molecule has 3 rings (SSSR count).